The first-order valence-corrected chi connectivity index (χ1v) is 7.87. The molecule has 138 valence electrons. The molecule has 3 aromatic rings. The molecule has 1 aliphatic heterocycles. The zero-order valence-electron chi connectivity index (χ0n) is 13.7. The lowest BCUT2D eigenvalue weighted by Crippen LogP contribution is -2.15. The second-order valence-electron chi connectivity index (χ2n) is 5.50. The van der Waals surface area contributed by atoms with Crippen molar-refractivity contribution in [2.45, 2.75) is 0 Å². The molecule has 0 saturated carbocycles. The Morgan fingerprint density at radius 3 is 2.56 bits per heavy atom. The maximum Gasteiger partial charge on any atom is 0.249 e. The van der Waals surface area contributed by atoms with E-state index in [2.05, 4.69) is 25.8 Å². The fourth-order valence-corrected chi connectivity index (χ4v) is 2.43. The van der Waals surface area contributed by atoms with Crippen molar-refractivity contribution in [2.75, 3.05) is 23.8 Å². The molecule has 4 rings (SSSR count). The van der Waals surface area contributed by atoms with E-state index in [0.717, 1.165) is 12.1 Å². The van der Waals surface area contributed by atoms with Crippen molar-refractivity contribution in [3.8, 4) is 11.5 Å². The summed E-state index contributed by atoms with van der Waals surface area (Å²) in [6, 6.07) is 7.08. The van der Waals surface area contributed by atoms with Gasteiger partial charge < -0.3 is 20.1 Å². The molecule has 0 fully saturated rings. The average molecular weight is 375 g/mol. The van der Waals surface area contributed by atoms with Crippen molar-refractivity contribution < 1.29 is 22.6 Å². The summed E-state index contributed by atoms with van der Waals surface area (Å²) in [7, 11) is 0. The Hall–Kier alpha value is -3.56. The maximum absolute atomic E-state index is 13.8. The fourth-order valence-electron chi connectivity index (χ4n) is 2.43. The van der Waals surface area contributed by atoms with Crippen LogP contribution in [0.15, 0.2) is 36.5 Å². The number of aromatic nitrogens is 3. The van der Waals surface area contributed by atoms with E-state index in [-0.39, 0.29) is 11.6 Å². The predicted octanol–water partition coefficient (Wildman–Crippen LogP) is 3.55. The summed E-state index contributed by atoms with van der Waals surface area (Å²) in [5.74, 6) is -2.80. The monoisotopic (exact) mass is 375 g/mol. The highest BCUT2D eigenvalue weighted by atomic mass is 19.2. The van der Waals surface area contributed by atoms with E-state index in [1.54, 1.807) is 18.2 Å². The molecule has 10 heteroatoms. The lowest BCUT2D eigenvalue weighted by atomic mass is 10.2. The predicted molar refractivity (Wildman–Crippen MR) is 90.1 cm³/mol. The molecule has 27 heavy (non-hydrogen) atoms. The third-order valence-electron chi connectivity index (χ3n) is 3.66. The highest BCUT2D eigenvalue weighted by Gasteiger charge is 2.15. The van der Waals surface area contributed by atoms with E-state index in [9.17, 15) is 13.2 Å². The van der Waals surface area contributed by atoms with Crippen LogP contribution in [-0.4, -0.2) is 28.4 Å². The first-order chi connectivity index (χ1) is 13.1. The molecule has 0 spiro atoms. The Morgan fingerprint density at radius 1 is 0.889 bits per heavy atom. The molecule has 0 saturated heterocycles. The Balaban J connectivity index is 1.54. The van der Waals surface area contributed by atoms with Crippen molar-refractivity contribution >= 4 is 23.1 Å². The van der Waals surface area contributed by atoms with E-state index in [4.69, 9.17) is 9.47 Å². The number of fused-ring (bicyclic) bond motifs is 1. The van der Waals surface area contributed by atoms with Crippen LogP contribution in [0, 0.1) is 17.5 Å². The van der Waals surface area contributed by atoms with Crippen molar-refractivity contribution in [2.24, 2.45) is 0 Å². The SMILES string of the molecule is Fc1ccc(Nc2nncc(Nc3ccc4c(c3)OCCO4)n2)c(F)c1F. The van der Waals surface area contributed by atoms with E-state index >= 15 is 0 Å². The first-order valence-electron chi connectivity index (χ1n) is 7.87. The summed E-state index contributed by atoms with van der Waals surface area (Å²) in [4.78, 5) is 4.12. The van der Waals surface area contributed by atoms with E-state index < -0.39 is 17.5 Å². The number of ether oxygens (including phenoxy) is 2. The topological polar surface area (TPSA) is 81.2 Å². The normalized spacial score (nSPS) is 12.6. The Kier molecular flexibility index (Phi) is 4.37. The number of anilines is 4. The molecule has 2 aromatic carbocycles. The fraction of sp³-hybridized carbons (Fsp3) is 0.118. The van der Waals surface area contributed by atoms with Gasteiger partial charge in [-0.1, -0.05) is 0 Å². The van der Waals surface area contributed by atoms with Gasteiger partial charge in [0, 0.05) is 11.8 Å². The Bertz CT molecular complexity index is 1000. The van der Waals surface area contributed by atoms with Crippen molar-refractivity contribution in [3.63, 3.8) is 0 Å². The van der Waals surface area contributed by atoms with Gasteiger partial charge in [0.2, 0.25) is 5.95 Å². The summed E-state index contributed by atoms with van der Waals surface area (Å²) in [6.07, 6.45) is 1.35. The molecule has 0 unspecified atom stereocenters. The lowest BCUT2D eigenvalue weighted by molar-refractivity contribution is 0.171. The van der Waals surface area contributed by atoms with Crippen LogP contribution in [0.4, 0.5) is 36.3 Å². The van der Waals surface area contributed by atoms with Gasteiger partial charge in [0.15, 0.2) is 34.8 Å². The van der Waals surface area contributed by atoms with Crippen LogP contribution in [0.5, 0.6) is 11.5 Å². The van der Waals surface area contributed by atoms with Crippen LogP contribution in [0.2, 0.25) is 0 Å². The van der Waals surface area contributed by atoms with Crippen LogP contribution in [0.1, 0.15) is 0 Å². The van der Waals surface area contributed by atoms with Crippen molar-refractivity contribution in [3.05, 3.63) is 54.0 Å². The third kappa shape index (κ3) is 3.54. The van der Waals surface area contributed by atoms with Gasteiger partial charge in [0.25, 0.3) is 0 Å². The molecule has 7 nitrogen and oxygen atoms in total. The standard InChI is InChI=1S/C17H12F3N5O2/c18-10-2-3-11(16(20)15(10)19)23-17-24-14(8-21-25-17)22-9-1-4-12-13(7-9)27-6-5-26-12/h1-4,7-8H,5-6H2,(H2,22,23,24,25). The Morgan fingerprint density at radius 2 is 1.70 bits per heavy atom. The van der Waals surface area contributed by atoms with E-state index in [1.807, 2.05) is 0 Å². The number of nitrogens with one attached hydrogen (secondary N) is 2. The molecule has 0 aliphatic carbocycles. The highest BCUT2D eigenvalue weighted by Crippen LogP contribution is 2.33. The van der Waals surface area contributed by atoms with Gasteiger partial charge in [0.1, 0.15) is 13.2 Å². The first kappa shape index (κ1) is 16.9. The van der Waals surface area contributed by atoms with Crippen LogP contribution in [-0.2, 0) is 0 Å². The molecule has 0 atom stereocenters. The minimum atomic E-state index is -1.58. The number of nitrogens with zero attached hydrogens (tertiary/aromatic N) is 3. The second kappa shape index (κ2) is 6.98. The van der Waals surface area contributed by atoms with Gasteiger partial charge in [-0.05, 0) is 24.3 Å². The van der Waals surface area contributed by atoms with Gasteiger partial charge in [-0.25, -0.2) is 13.2 Å². The van der Waals surface area contributed by atoms with Gasteiger partial charge in [-0.15, -0.1) is 5.10 Å². The number of halogens is 3. The molecule has 0 bridgehead atoms. The highest BCUT2D eigenvalue weighted by molar-refractivity contribution is 5.62. The molecular weight excluding hydrogens is 363 g/mol. The number of rotatable bonds is 4. The van der Waals surface area contributed by atoms with E-state index in [0.29, 0.717) is 36.2 Å². The zero-order valence-corrected chi connectivity index (χ0v) is 13.7. The average Bonchev–Trinajstić information content (AvgIpc) is 2.69. The van der Waals surface area contributed by atoms with Crippen LogP contribution in [0.3, 0.4) is 0 Å². The third-order valence-corrected chi connectivity index (χ3v) is 3.66. The van der Waals surface area contributed by atoms with Crippen LogP contribution < -0.4 is 20.1 Å². The Labute approximate surface area is 151 Å². The summed E-state index contributed by atoms with van der Waals surface area (Å²) in [5.41, 5.74) is 0.344. The van der Waals surface area contributed by atoms with Crippen LogP contribution >= 0.6 is 0 Å². The second-order valence-corrected chi connectivity index (χ2v) is 5.50. The number of hydrogen-bond donors (Lipinski definition) is 2. The van der Waals surface area contributed by atoms with Gasteiger partial charge in [0.05, 0.1) is 11.9 Å². The van der Waals surface area contributed by atoms with Crippen molar-refractivity contribution in [1.29, 1.82) is 0 Å². The molecule has 1 aliphatic rings. The summed E-state index contributed by atoms with van der Waals surface area (Å²) in [6.45, 7) is 0.949. The maximum atomic E-state index is 13.8. The molecular formula is C17H12F3N5O2. The summed E-state index contributed by atoms with van der Waals surface area (Å²) < 4.78 is 51.0. The molecule has 2 N–H and O–H groups in total. The van der Waals surface area contributed by atoms with E-state index in [1.165, 1.54) is 6.20 Å². The van der Waals surface area contributed by atoms with Crippen molar-refractivity contribution in [1.82, 2.24) is 15.2 Å². The molecule has 0 amide bonds. The van der Waals surface area contributed by atoms with Gasteiger partial charge >= 0.3 is 0 Å². The smallest absolute Gasteiger partial charge is 0.249 e. The largest absolute Gasteiger partial charge is 0.486 e. The molecule has 0 radical (unpaired) electrons. The minimum Gasteiger partial charge on any atom is -0.486 e. The minimum absolute atomic E-state index is 0.0950. The quantitative estimate of drug-likeness (QED) is 0.675. The van der Waals surface area contributed by atoms with Gasteiger partial charge in [-0.2, -0.15) is 10.1 Å². The molecule has 1 aromatic heterocycles. The number of benzene rings is 2. The molecule has 2 heterocycles. The summed E-state index contributed by atoms with van der Waals surface area (Å²) in [5, 5.41) is 12.9. The lowest BCUT2D eigenvalue weighted by Gasteiger charge is -2.19. The summed E-state index contributed by atoms with van der Waals surface area (Å²) >= 11 is 0. The van der Waals surface area contributed by atoms with Gasteiger partial charge in [-0.3, -0.25) is 0 Å². The van der Waals surface area contributed by atoms with Crippen LogP contribution in [0.25, 0.3) is 0 Å². The zero-order chi connectivity index (χ0) is 18.8. The number of hydrogen-bond acceptors (Lipinski definition) is 7.